The molecule has 27 heavy (non-hydrogen) atoms. The Labute approximate surface area is 180 Å². The number of piperidine rings is 1. The molecule has 3 heterocycles. The van der Waals surface area contributed by atoms with Crippen LogP contribution in [-0.4, -0.2) is 49.7 Å². The third-order valence-corrected chi connectivity index (χ3v) is 6.25. The van der Waals surface area contributed by atoms with E-state index in [2.05, 4.69) is 10.2 Å². The zero-order chi connectivity index (χ0) is 17.7. The lowest BCUT2D eigenvalue weighted by molar-refractivity contribution is -0.0371. The lowest BCUT2D eigenvalue weighted by Gasteiger charge is -2.46. The molecule has 1 aliphatic carbocycles. The van der Waals surface area contributed by atoms with Gasteiger partial charge in [0.1, 0.15) is 5.76 Å². The number of nitrogens with zero attached hydrogens (tertiary/aromatic N) is 2. The predicted octanol–water partition coefficient (Wildman–Crippen LogP) is 4.22. The van der Waals surface area contributed by atoms with Crippen LogP contribution in [0.1, 0.15) is 57.1 Å². The molecule has 1 spiro atoms. The van der Waals surface area contributed by atoms with E-state index in [0.717, 1.165) is 51.0 Å². The average molecular weight is 487 g/mol. The van der Waals surface area contributed by atoms with Crippen molar-refractivity contribution in [1.82, 2.24) is 10.2 Å². The maximum Gasteiger partial charge on any atom is 0.194 e. The highest BCUT2D eigenvalue weighted by molar-refractivity contribution is 14.0. The van der Waals surface area contributed by atoms with Gasteiger partial charge in [-0.05, 0) is 50.7 Å². The van der Waals surface area contributed by atoms with Gasteiger partial charge in [0.05, 0.1) is 12.9 Å². The molecule has 3 aliphatic rings. The molecule has 1 aromatic heterocycles. The Morgan fingerprint density at radius 3 is 2.81 bits per heavy atom. The predicted molar refractivity (Wildman–Crippen MR) is 119 cm³/mol. The van der Waals surface area contributed by atoms with Gasteiger partial charge in [-0.25, -0.2) is 0 Å². The zero-order valence-corrected chi connectivity index (χ0v) is 18.7. The van der Waals surface area contributed by atoms with Crippen LogP contribution in [0, 0.1) is 5.41 Å². The smallest absolute Gasteiger partial charge is 0.194 e. The number of halogens is 1. The van der Waals surface area contributed by atoms with Crippen LogP contribution in [0.5, 0.6) is 0 Å². The second-order valence-corrected chi connectivity index (χ2v) is 8.34. The van der Waals surface area contributed by atoms with Crippen LogP contribution in [-0.2, 0) is 11.2 Å². The van der Waals surface area contributed by atoms with Crippen molar-refractivity contribution in [3.8, 4) is 0 Å². The van der Waals surface area contributed by atoms with Crippen molar-refractivity contribution in [3.05, 3.63) is 24.2 Å². The highest BCUT2D eigenvalue weighted by atomic mass is 127. The summed E-state index contributed by atoms with van der Waals surface area (Å²) in [6.45, 7) is 4.84. The maximum atomic E-state index is 5.86. The van der Waals surface area contributed by atoms with E-state index in [1.54, 1.807) is 6.26 Å². The van der Waals surface area contributed by atoms with Crippen molar-refractivity contribution in [1.29, 1.82) is 0 Å². The summed E-state index contributed by atoms with van der Waals surface area (Å²) < 4.78 is 11.3. The highest BCUT2D eigenvalue weighted by Gasteiger charge is 2.38. The summed E-state index contributed by atoms with van der Waals surface area (Å²) in [4.78, 5) is 7.51. The fourth-order valence-corrected chi connectivity index (χ4v) is 4.84. The van der Waals surface area contributed by atoms with E-state index in [0.29, 0.717) is 11.5 Å². The van der Waals surface area contributed by atoms with E-state index in [1.165, 1.54) is 51.4 Å². The van der Waals surface area contributed by atoms with Crippen LogP contribution in [0.4, 0.5) is 0 Å². The second kappa shape index (κ2) is 10.1. The second-order valence-electron chi connectivity index (χ2n) is 8.34. The van der Waals surface area contributed by atoms with Crippen LogP contribution >= 0.6 is 24.0 Å². The van der Waals surface area contributed by atoms with Crippen LogP contribution in [0.3, 0.4) is 0 Å². The number of nitrogens with one attached hydrogen (secondary N) is 1. The largest absolute Gasteiger partial charge is 0.469 e. The van der Waals surface area contributed by atoms with Gasteiger partial charge in [0.15, 0.2) is 5.96 Å². The van der Waals surface area contributed by atoms with Gasteiger partial charge in [-0.3, -0.25) is 4.99 Å². The van der Waals surface area contributed by atoms with Crippen molar-refractivity contribution in [2.75, 3.05) is 32.8 Å². The summed E-state index contributed by atoms with van der Waals surface area (Å²) in [5.41, 5.74) is 0.343. The molecule has 0 bridgehead atoms. The molecule has 1 atom stereocenters. The molecule has 0 amide bonds. The Balaban J connectivity index is 0.00000210. The first-order valence-corrected chi connectivity index (χ1v) is 10.5. The van der Waals surface area contributed by atoms with E-state index in [9.17, 15) is 0 Å². The van der Waals surface area contributed by atoms with Gasteiger partial charge in [0.2, 0.25) is 0 Å². The molecule has 1 aromatic rings. The van der Waals surface area contributed by atoms with Crippen LogP contribution in [0.25, 0.3) is 0 Å². The Bertz CT molecular complexity index is 573. The lowest BCUT2D eigenvalue weighted by Crippen LogP contribution is -2.54. The first kappa shape index (κ1) is 21.0. The van der Waals surface area contributed by atoms with E-state index in [4.69, 9.17) is 14.1 Å². The first-order valence-electron chi connectivity index (χ1n) is 10.5. The Hall–Kier alpha value is -0.760. The minimum Gasteiger partial charge on any atom is -0.469 e. The van der Waals surface area contributed by atoms with Crippen molar-refractivity contribution in [2.45, 2.75) is 63.8 Å². The van der Waals surface area contributed by atoms with Crippen LogP contribution < -0.4 is 5.32 Å². The fourth-order valence-electron chi connectivity index (χ4n) is 4.84. The molecule has 2 aliphatic heterocycles. The van der Waals surface area contributed by atoms with Crippen molar-refractivity contribution in [2.24, 2.45) is 10.4 Å². The number of furan rings is 1. The van der Waals surface area contributed by atoms with Gasteiger partial charge in [-0.1, -0.05) is 12.8 Å². The number of aliphatic imine (C=N–C) groups is 1. The molecule has 2 saturated heterocycles. The normalized spacial score (nSPS) is 27.0. The van der Waals surface area contributed by atoms with Gasteiger partial charge in [-0.2, -0.15) is 0 Å². The summed E-state index contributed by atoms with van der Waals surface area (Å²) in [5.74, 6) is 2.14. The molecule has 0 radical (unpaired) electrons. The molecule has 152 valence electrons. The van der Waals surface area contributed by atoms with Crippen LogP contribution in [0.2, 0.25) is 0 Å². The molecule has 6 heteroatoms. The fraction of sp³-hybridized carbons (Fsp3) is 0.762. The molecular weight excluding hydrogens is 453 g/mol. The molecule has 5 nitrogen and oxygen atoms in total. The Morgan fingerprint density at radius 2 is 2.07 bits per heavy atom. The van der Waals surface area contributed by atoms with E-state index >= 15 is 0 Å². The van der Waals surface area contributed by atoms with Crippen LogP contribution in [0.15, 0.2) is 27.8 Å². The summed E-state index contributed by atoms with van der Waals surface area (Å²) in [5, 5.41) is 3.79. The van der Waals surface area contributed by atoms with Gasteiger partial charge >= 0.3 is 0 Å². The molecule has 4 rings (SSSR count). The van der Waals surface area contributed by atoms with Crippen molar-refractivity contribution < 1.29 is 9.15 Å². The molecule has 0 aromatic carbocycles. The summed E-state index contributed by atoms with van der Waals surface area (Å²) in [7, 11) is 0. The molecule has 1 N–H and O–H groups in total. The number of likely N-dealkylation sites (tertiary alicyclic amines) is 1. The molecule has 1 unspecified atom stereocenters. The van der Waals surface area contributed by atoms with Gasteiger partial charge < -0.3 is 19.4 Å². The SMILES string of the molecule is I.c1coc(CCN=C(NC2CCCC2)N2CCCC3(CCCOC3)C2)c1. The standard InChI is InChI=1S/C21H33N3O2.HI/c1-2-7-18(6-1)23-20(22-12-9-19-8-3-15-26-19)24-13-4-10-21(16-24)11-5-14-25-17-21;/h3,8,15,18H,1-2,4-7,9-14,16-17H2,(H,22,23);1H. The Kier molecular flexibility index (Phi) is 7.87. The number of hydrogen-bond donors (Lipinski definition) is 1. The lowest BCUT2D eigenvalue weighted by atomic mass is 9.76. The molecular formula is C21H34IN3O2. The number of hydrogen-bond acceptors (Lipinski definition) is 3. The van der Waals surface area contributed by atoms with E-state index in [-0.39, 0.29) is 24.0 Å². The summed E-state index contributed by atoms with van der Waals surface area (Å²) >= 11 is 0. The van der Waals surface area contributed by atoms with Gasteiger partial charge in [0.25, 0.3) is 0 Å². The first-order chi connectivity index (χ1) is 12.8. The highest BCUT2D eigenvalue weighted by Crippen LogP contribution is 2.37. The maximum absolute atomic E-state index is 5.86. The van der Waals surface area contributed by atoms with Crippen molar-refractivity contribution in [3.63, 3.8) is 0 Å². The van der Waals surface area contributed by atoms with E-state index < -0.39 is 0 Å². The summed E-state index contributed by atoms with van der Waals surface area (Å²) in [6.07, 6.45) is 12.9. The monoisotopic (exact) mass is 487 g/mol. The van der Waals surface area contributed by atoms with Gasteiger partial charge in [0, 0.05) is 44.1 Å². The topological polar surface area (TPSA) is 50.0 Å². The number of guanidine groups is 1. The van der Waals surface area contributed by atoms with Crippen molar-refractivity contribution >= 4 is 29.9 Å². The molecule has 1 saturated carbocycles. The third-order valence-electron chi connectivity index (χ3n) is 6.25. The quantitative estimate of drug-likeness (QED) is 0.393. The molecule has 3 fully saturated rings. The minimum atomic E-state index is 0. The third kappa shape index (κ3) is 5.62. The number of rotatable bonds is 4. The summed E-state index contributed by atoms with van der Waals surface area (Å²) in [6, 6.07) is 4.58. The minimum absolute atomic E-state index is 0. The number of ether oxygens (including phenoxy) is 1. The van der Waals surface area contributed by atoms with E-state index in [1.807, 2.05) is 12.1 Å². The van der Waals surface area contributed by atoms with Gasteiger partial charge in [-0.15, -0.1) is 24.0 Å². The average Bonchev–Trinajstić information content (AvgIpc) is 3.35. The Morgan fingerprint density at radius 1 is 1.22 bits per heavy atom. The zero-order valence-electron chi connectivity index (χ0n) is 16.3.